The lowest BCUT2D eigenvalue weighted by atomic mass is 10.1. The van der Waals surface area contributed by atoms with Crippen molar-refractivity contribution in [2.45, 2.75) is 13.0 Å². The van der Waals surface area contributed by atoms with Crippen molar-refractivity contribution < 1.29 is 4.79 Å². The van der Waals surface area contributed by atoms with Gasteiger partial charge in [-0.3, -0.25) is 19.7 Å². The Balaban J connectivity index is 1.43. The van der Waals surface area contributed by atoms with Gasteiger partial charge in [-0.25, -0.2) is 9.97 Å². The van der Waals surface area contributed by atoms with Crippen molar-refractivity contribution in [1.82, 2.24) is 34.1 Å². The van der Waals surface area contributed by atoms with Gasteiger partial charge >= 0.3 is 0 Å². The molecule has 1 aliphatic heterocycles. The quantitative estimate of drug-likeness (QED) is 0.514. The summed E-state index contributed by atoms with van der Waals surface area (Å²) in [5, 5.41) is 0. The lowest BCUT2D eigenvalue weighted by Gasteiger charge is -2.38. The number of fused-ring (bicyclic) bond motifs is 1. The van der Waals surface area contributed by atoms with Crippen LogP contribution in [0.15, 0.2) is 61.6 Å². The van der Waals surface area contributed by atoms with Gasteiger partial charge in [-0.1, -0.05) is 12.1 Å². The van der Waals surface area contributed by atoms with Crippen LogP contribution < -0.4 is 0 Å². The highest BCUT2D eigenvalue weighted by molar-refractivity contribution is 5.92. The Bertz CT molecular complexity index is 1220. The van der Waals surface area contributed by atoms with E-state index < -0.39 is 0 Å². The first-order valence-electron chi connectivity index (χ1n) is 10.3. The minimum atomic E-state index is -0.0898. The molecule has 0 spiro atoms. The maximum atomic E-state index is 13.0. The number of likely N-dealkylation sites (N-methyl/N-ethyl adjacent to an activating group) is 1. The van der Waals surface area contributed by atoms with Gasteiger partial charge in [-0.05, 0) is 31.7 Å². The zero-order valence-corrected chi connectivity index (χ0v) is 17.5. The van der Waals surface area contributed by atoms with E-state index in [2.05, 4.69) is 45.2 Å². The van der Waals surface area contributed by atoms with Crippen molar-refractivity contribution in [2.75, 3.05) is 26.7 Å². The van der Waals surface area contributed by atoms with Gasteiger partial charge in [-0.2, -0.15) is 0 Å². The molecule has 8 heteroatoms. The van der Waals surface area contributed by atoms with E-state index in [-0.39, 0.29) is 11.9 Å². The summed E-state index contributed by atoms with van der Waals surface area (Å²) < 4.78 is 2.04. The largest absolute Gasteiger partial charge is 0.334 e. The lowest BCUT2D eigenvalue weighted by molar-refractivity contribution is 0.0537. The number of amides is 1. The fourth-order valence-electron chi connectivity index (χ4n) is 4.00. The number of hydrogen-bond acceptors (Lipinski definition) is 6. The summed E-state index contributed by atoms with van der Waals surface area (Å²) in [6.07, 6.45) is 10.7. The molecule has 5 heterocycles. The van der Waals surface area contributed by atoms with E-state index >= 15 is 0 Å². The Morgan fingerprint density at radius 3 is 2.71 bits per heavy atom. The summed E-state index contributed by atoms with van der Waals surface area (Å²) in [6, 6.07) is 8.15. The van der Waals surface area contributed by atoms with Gasteiger partial charge in [0.1, 0.15) is 5.69 Å². The first-order valence-corrected chi connectivity index (χ1v) is 10.3. The first-order chi connectivity index (χ1) is 15.1. The molecule has 0 N–H and O–H groups in total. The average Bonchev–Trinajstić information content (AvgIpc) is 3.23. The molecule has 4 aromatic heterocycles. The maximum absolute atomic E-state index is 13.0. The van der Waals surface area contributed by atoms with Crippen molar-refractivity contribution in [2.24, 2.45) is 0 Å². The third kappa shape index (κ3) is 3.66. The van der Waals surface area contributed by atoms with Crippen LogP contribution >= 0.6 is 0 Å². The number of hydrogen-bond donors (Lipinski definition) is 0. The number of nitrogens with zero attached hydrogens (tertiary/aromatic N) is 7. The normalized spacial score (nSPS) is 17.2. The topological polar surface area (TPSA) is 79.5 Å². The molecule has 0 saturated carbocycles. The highest BCUT2D eigenvalue weighted by Gasteiger charge is 2.31. The van der Waals surface area contributed by atoms with Crippen molar-refractivity contribution in [3.05, 3.63) is 78.7 Å². The Morgan fingerprint density at radius 2 is 1.94 bits per heavy atom. The van der Waals surface area contributed by atoms with E-state index in [1.807, 2.05) is 40.9 Å². The van der Waals surface area contributed by atoms with Gasteiger partial charge in [-0.15, -0.1) is 0 Å². The van der Waals surface area contributed by atoms with E-state index in [0.29, 0.717) is 18.8 Å². The van der Waals surface area contributed by atoms with Crippen LogP contribution in [0, 0.1) is 6.92 Å². The smallest absolute Gasteiger partial charge is 0.274 e. The highest BCUT2D eigenvalue weighted by atomic mass is 16.2. The number of rotatable bonds is 3. The number of carbonyl (C=O) groups is 1. The molecule has 1 saturated heterocycles. The molecule has 1 aliphatic rings. The molecule has 0 aliphatic carbocycles. The zero-order chi connectivity index (χ0) is 21.4. The Labute approximate surface area is 180 Å². The molecule has 0 radical (unpaired) electrons. The number of aryl methyl sites for hydroxylation is 1. The molecule has 156 valence electrons. The van der Waals surface area contributed by atoms with Crippen LogP contribution in [0.5, 0.6) is 0 Å². The number of imidazole rings is 1. The number of aromatic nitrogens is 5. The third-order valence-electron chi connectivity index (χ3n) is 5.81. The summed E-state index contributed by atoms with van der Waals surface area (Å²) in [6.45, 7) is 3.83. The predicted molar refractivity (Wildman–Crippen MR) is 116 cm³/mol. The fourth-order valence-corrected chi connectivity index (χ4v) is 4.00. The summed E-state index contributed by atoms with van der Waals surface area (Å²) in [5.74, 6) is -0.0898. The minimum Gasteiger partial charge on any atom is -0.334 e. The van der Waals surface area contributed by atoms with Gasteiger partial charge in [0.15, 0.2) is 0 Å². The van der Waals surface area contributed by atoms with E-state index in [1.54, 1.807) is 18.6 Å². The van der Waals surface area contributed by atoms with Crippen LogP contribution in [-0.4, -0.2) is 66.7 Å². The minimum absolute atomic E-state index is 0.00495. The molecule has 1 fully saturated rings. The van der Waals surface area contributed by atoms with E-state index in [1.165, 1.54) is 0 Å². The molecule has 1 atom stereocenters. The van der Waals surface area contributed by atoms with Crippen molar-refractivity contribution in [3.8, 4) is 11.1 Å². The molecule has 31 heavy (non-hydrogen) atoms. The molecule has 4 aromatic rings. The molecule has 0 aromatic carbocycles. The second-order valence-electron chi connectivity index (χ2n) is 7.87. The third-order valence-corrected chi connectivity index (χ3v) is 5.81. The van der Waals surface area contributed by atoms with E-state index in [9.17, 15) is 4.79 Å². The van der Waals surface area contributed by atoms with Crippen LogP contribution in [0.2, 0.25) is 0 Å². The molecule has 8 nitrogen and oxygen atoms in total. The van der Waals surface area contributed by atoms with Gasteiger partial charge in [0.05, 0.1) is 35.5 Å². The second kappa shape index (κ2) is 7.88. The zero-order valence-electron chi connectivity index (χ0n) is 17.5. The number of piperazine rings is 1. The van der Waals surface area contributed by atoms with Gasteiger partial charge in [0.25, 0.3) is 5.91 Å². The fraction of sp³-hybridized carbons (Fsp3) is 0.261. The summed E-state index contributed by atoms with van der Waals surface area (Å²) in [7, 11) is 2.08. The molecule has 1 amide bonds. The monoisotopic (exact) mass is 413 g/mol. The Kier molecular flexibility index (Phi) is 4.91. The van der Waals surface area contributed by atoms with E-state index in [0.717, 1.165) is 34.6 Å². The van der Waals surface area contributed by atoms with Crippen LogP contribution in [0.3, 0.4) is 0 Å². The summed E-state index contributed by atoms with van der Waals surface area (Å²) >= 11 is 0. The second-order valence-corrected chi connectivity index (χ2v) is 7.87. The van der Waals surface area contributed by atoms with Crippen LogP contribution in [0.1, 0.15) is 27.9 Å². The Hall–Kier alpha value is -3.65. The summed E-state index contributed by atoms with van der Waals surface area (Å²) in [4.78, 5) is 34.5. The standard InChI is InChI=1S/C23H23N7O/c1-16-10-26-19(12-25-16)23(31)29-9-8-28(2)21(14-29)22-20-6-5-18(13-30(20)15-27-22)17-4-3-7-24-11-17/h3-7,10-13,15,21H,8-9,14H2,1-2H3/t21-/m0/s1. The van der Waals surface area contributed by atoms with Crippen LogP contribution in [-0.2, 0) is 0 Å². The Morgan fingerprint density at radius 1 is 1.03 bits per heavy atom. The van der Waals surface area contributed by atoms with Gasteiger partial charge < -0.3 is 9.30 Å². The lowest BCUT2D eigenvalue weighted by Crippen LogP contribution is -2.49. The summed E-state index contributed by atoms with van der Waals surface area (Å²) in [5.41, 5.74) is 5.32. The van der Waals surface area contributed by atoms with Crippen molar-refractivity contribution >= 4 is 11.4 Å². The average molecular weight is 413 g/mol. The van der Waals surface area contributed by atoms with Gasteiger partial charge in [0.2, 0.25) is 0 Å². The number of pyridine rings is 2. The first kappa shape index (κ1) is 19.3. The molecular weight excluding hydrogens is 390 g/mol. The van der Waals surface area contributed by atoms with Crippen molar-refractivity contribution in [1.29, 1.82) is 0 Å². The van der Waals surface area contributed by atoms with E-state index in [4.69, 9.17) is 4.98 Å². The maximum Gasteiger partial charge on any atom is 0.274 e. The molecular formula is C23H23N7O. The highest BCUT2D eigenvalue weighted by Crippen LogP contribution is 2.28. The predicted octanol–water partition coefficient (Wildman–Crippen LogP) is 2.62. The SMILES string of the molecule is Cc1cnc(C(=O)N2CCN(C)[C@H](c3ncn4cc(-c5cccnc5)ccc34)C2)cn1. The van der Waals surface area contributed by atoms with Crippen molar-refractivity contribution in [3.63, 3.8) is 0 Å². The molecule has 0 unspecified atom stereocenters. The van der Waals surface area contributed by atoms with Crippen LogP contribution in [0.25, 0.3) is 16.6 Å². The number of carbonyl (C=O) groups excluding carboxylic acids is 1. The van der Waals surface area contributed by atoms with Crippen LogP contribution in [0.4, 0.5) is 0 Å². The molecule has 5 rings (SSSR count). The van der Waals surface area contributed by atoms with Gasteiger partial charge in [0, 0.05) is 50.0 Å². The molecule has 0 bridgehead atoms.